The summed E-state index contributed by atoms with van der Waals surface area (Å²) in [5, 5.41) is 2.38. The van der Waals surface area contributed by atoms with Crippen molar-refractivity contribution in [3.05, 3.63) is 211 Å². The number of aromatic nitrogens is 3. The van der Waals surface area contributed by atoms with E-state index >= 15 is 0 Å². The molecule has 0 radical (unpaired) electrons. The van der Waals surface area contributed by atoms with Gasteiger partial charge in [0, 0.05) is 38.6 Å². The first-order valence-corrected chi connectivity index (χ1v) is 20.0. The van der Waals surface area contributed by atoms with E-state index in [9.17, 15) is 0 Å². The van der Waals surface area contributed by atoms with Crippen LogP contribution in [-0.4, -0.2) is 14.5 Å². The van der Waals surface area contributed by atoms with Crippen LogP contribution in [0.25, 0.3) is 94.8 Å². The van der Waals surface area contributed by atoms with E-state index in [4.69, 9.17) is 9.97 Å². The summed E-state index contributed by atoms with van der Waals surface area (Å²) in [6, 6.07) is 71.9. The molecule has 0 spiro atoms. The lowest BCUT2D eigenvalue weighted by molar-refractivity contribution is 0.660. The molecule has 0 atom stereocenters. The number of nitrogens with zero attached hydrogens (tertiary/aromatic N) is 3. The van der Waals surface area contributed by atoms with Crippen LogP contribution in [0.4, 0.5) is 0 Å². The number of hydrogen-bond acceptors (Lipinski definition) is 2. The van der Waals surface area contributed by atoms with E-state index in [1.165, 1.54) is 55.3 Å². The molecule has 10 aromatic rings. The van der Waals surface area contributed by atoms with Gasteiger partial charge in [0.05, 0.1) is 22.4 Å². The summed E-state index contributed by atoms with van der Waals surface area (Å²) in [4.78, 5) is 10.3. The third-order valence-corrected chi connectivity index (χ3v) is 12.0. The first kappa shape index (κ1) is 33.9. The smallest absolute Gasteiger partial charge is 0.160 e. The van der Waals surface area contributed by atoms with Crippen LogP contribution in [0, 0.1) is 0 Å². The van der Waals surface area contributed by atoms with Crippen LogP contribution in [0.1, 0.15) is 25.0 Å². The molecule has 0 aliphatic heterocycles. The molecule has 2 aromatic heterocycles. The summed E-state index contributed by atoms with van der Waals surface area (Å²) >= 11 is 0. The molecule has 274 valence electrons. The quantitative estimate of drug-likeness (QED) is 0.170. The molecule has 1 aliphatic carbocycles. The molecular weight excluding hydrogens is 703 g/mol. The highest BCUT2D eigenvalue weighted by Gasteiger charge is 2.35. The van der Waals surface area contributed by atoms with E-state index in [1.54, 1.807) is 0 Å². The van der Waals surface area contributed by atoms with Crippen molar-refractivity contribution in [1.82, 2.24) is 14.5 Å². The summed E-state index contributed by atoms with van der Waals surface area (Å²) in [6.45, 7) is 4.70. The Morgan fingerprint density at radius 1 is 0.362 bits per heavy atom. The molecule has 0 saturated carbocycles. The van der Waals surface area contributed by atoms with Crippen LogP contribution in [0.5, 0.6) is 0 Å². The minimum absolute atomic E-state index is 0.0718. The molecule has 0 fully saturated rings. The Morgan fingerprint density at radius 2 is 0.845 bits per heavy atom. The van der Waals surface area contributed by atoms with Crippen LogP contribution < -0.4 is 0 Å². The average molecular weight is 742 g/mol. The molecule has 0 amide bonds. The molecule has 3 nitrogen and oxygen atoms in total. The van der Waals surface area contributed by atoms with E-state index in [0.29, 0.717) is 5.82 Å². The Hall–Kier alpha value is -7.36. The van der Waals surface area contributed by atoms with E-state index in [-0.39, 0.29) is 5.41 Å². The van der Waals surface area contributed by atoms with Crippen molar-refractivity contribution in [2.75, 3.05) is 0 Å². The van der Waals surface area contributed by atoms with Gasteiger partial charge < -0.3 is 4.57 Å². The Labute approximate surface area is 338 Å². The number of benzene rings is 8. The largest absolute Gasteiger partial charge is 0.309 e. The molecule has 0 unspecified atom stereocenters. The zero-order chi connectivity index (χ0) is 38.8. The predicted octanol–water partition coefficient (Wildman–Crippen LogP) is 14.2. The Morgan fingerprint density at radius 3 is 1.53 bits per heavy atom. The van der Waals surface area contributed by atoms with E-state index < -0.39 is 0 Å². The van der Waals surface area contributed by atoms with Crippen LogP contribution in [-0.2, 0) is 5.41 Å². The third kappa shape index (κ3) is 5.58. The molecular formula is C55H39N3. The van der Waals surface area contributed by atoms with Crippen molar-refractivity contribution < 1.29 is 0 Å². The zero-order valence-electron chi connectivity index (χ0n) is 32.4. The summed E-state index contributed by atoms with van der Waals surface area (Å²) in [5.41, 5.74) is 18.5. The molecule has 8 aromatic carbocycles. The lowest BCUT2D eigenvalue weighted by Crippen LogP contribution is -2.14. The van der Waals surface area contributed by atoms with Gasteiger partial charge in [0.1, 0.15) is 0 Å². The van der Waals surface area contributed by atoms with Gasteiger partial charge in [0.2, 0.25) is 0 Å². The number of rotatable bonds is 6. The van der Waals surface area contributed by atoms with Crippen LogP contribution >= 0.6 is 0 Å². The highest BCUT2D eigenvalue weighted by Crippen LogP contribution is 2.50. The molecule has 1 aliphatic rings. The Balaban J connectivity index is 1.10. The summed E-state index contributed by atoms with van der Waals surface area (Å²) in [7, 11) is 0. The van der Waals surface area contributed by atoms with Crippen LogP contribution in [0.2, 0.25) is 0 Å². The Kier molecular flexibility index (Phi) is 7.84. The summed E-state index contributed by atoms with van der Waals surface area (Å²) in [6.07, 6.45) is 0. The highest BCUT2D eigenvalue weighted by atomic mass is 15.0. The first-order chi connectivity index (χ1) is 28.5. The fourth-order valence-corrected chi connectivity index (χ4v) is 9.03. The van der Waals surface area contributed by atoms with Gasteiger partial charge in [-0.3, -0.25) is 0 Å². The topological polar surface area (TPSA) is 30.7 Å². The van der Waals surface area contributed by atoms with Crippen molar-refractivity contribution in [2.45, 2.75) is 19.3 Å². The van der Waals surface area contributed by atoms with Crippen molar-refractivity contribution in [3.63, 3.8) is 0 Å². The second-order valence-electron chi connectivity index (χ2n) is 15.8. The Bertz CT molecular complexity index is 3100. The van der Waals surface area contributed by atoms with Gasteiger partial charge in [0.15, 0.2) is 5.82 Å². The molecule has 11 rings (SSSR count). The van der Waals surface area contributed by atoms with E-state index in [2.05, 4.69) is 194 Å². The lowest BCUT2D eigenvalue weighted by atomic mass is 9.81. The molecule has 3 heteroatoms. The molecule has 58 heavy (non-hydrogen) atoms. The maximum atomic E-state index is 5.20. The van der Waals surface area contributed by atoms with Crippen LogP contribution in [0.15, 0.2) is 200 Å². The highest BCUT2D eigenvalue weighted by molar-refractivity contribution is 6.11. The van der Waals surface area contributed by atoms with E-state index in [1.807, 2.05) is 24.3 Å². The average Bonchev–Trinajstić information content (AvgIpc) is 3.74. The monoisotopic (exact) mass is 741 g/mol. The van der Waals surface area contributed by atoms with Crippen molar-refractivity contribution in [1.29, 1.82) is 0 Å². The molecule has 2 heterocycles. The van der Waals surface area contributed by atoms with Gasteiger partial charge in [-0.05, 0) is 93.0 Å². The molecule has 0 N–H and O–H groups in total. The van der Waals surface area contributed by atoms with E-state index in [0.717, 1.165) is 44.8 Å². The third-order valence-electron chi connectivity index (χ3n) is 12.0. The minimum atomic E-state index is -0.0718. The van der Waals surface area contributed by atoms with Gasteiger partial charge in [-0.1, -0.05) is 166 Å². The van der Waals surface area contributed by atoms with Crippen LogP contribution in [0.3, 0.4) is 0 Å². The van der Waals surface area contributed by atoms with Gasteiger partial charge >= 0.3 is 0 Å². The van der Waals surface area contributed by atoms with Crippen molar-refractivity contribution in [3.8, 4) is 73.0 Å². The van der Waals surface area contributed by atoms with Gasteiger partial charge in [-0.2, -0.15) is 0 Å². The standard InChI is InChI=1S/C55H39N3/c1-55(2)48-21-13-12-20-44(48)45-29-24-41(34-49(45)55)40-25-30-52-46(32-40)47-33-42(26-31-53(47)58(52)43-27-22-37(23-28-43)36-14-6-3-7-15-36)51-35-50(38-16-8-4-9-17-38)56-54(57-51)39-18-10-5-11-19-39/h3-35H,1-2H3. The maximum absolute atomic E-state index is 5.20. The predicted molar refractivity (Wildman–Crippen MR) is 241 cm³/mol. The number of fused-ring (bicyclic) bond motifs is 6. The van der Waals surface area contributed by atoms with Crippen molar-refractivity contribution >= 4 is 21.8 Å². The normalized spacial score (nSPS) is 12.8. The molecule has 0 bridgehead atoms. The maximum Gasteiger partial charge on any atom is 0.160 e. The minimum Gasteiger partial charge on any atom is -0.309 e. The van der Waals surface area contributed by atoms with Crippen molar-refractivity contribution in [2.24, 2.45) is 0 Å². The van der Waals surface area contributed by atoms with Gasteiger partial charge in [-0.25, -0.2) is 9.97 Å². The number of hydrogen-bond donors (Lipinski definition) is 0. The van der Waals surface area contributed by atoms with Gasteiger partial charge in [-0.15, -0.1) is 0 Å². The second kappa shape index (κ2) is 13.4. The summed E-state index contributed by atoms with van der Waals surface area (Å²) < 4.78 is 2.40. The van der Waals surface area contributed by atoms with Gasteiger partial charge in [0.25, 0.3) is 0 Å². The fourth-order valence-electron chi connectivity index (χ4n) is 9.03. The SMILES string of the molecule is CC1(C)c2ccccc2-c2ccc(-c3ccc4c(c3)c3cc(-c5cc(-c6ccccc6)nc(-c6ccccc6)n5)ccc3n4-c3ccc(-c4ccccc4)cc3)cc21. The molecule has 0 saturated heterocycles. The zero-order valence-corrected chi connectivity index (χ0v) is 32.4. The summed E-state index contributed by atoms with van der Waals surface area (Å²) in [5.74, 6) is 0.710. The lowest BCUT2D eigenvalue weighted by Gasteiger charge is -2.22. The fraction of sp³-hybridized carbons (Fsp3) is 0.0545. The first-order valence-electron chi connectivity index (χ1n) is 20.0. The second-order valence-corrected chi connectivity index (χ2v) is 15.8.